The Kier molecular flexibility index (Phi) is 3.46. The molecule has 0 fully saturated rings. The van der Waals surface area contributed by atoms with Crippen LogP contribution in [0.15, 0.2) is 34.9 Å². The number of rotatable bonds is 2. The highest BCUT2D eigenvalue weighted by Gasteiger charge is 2.39. The summed E-state index contributed by atoms with van der Waals surface area (Å²) in [5, 5.41) is 9.74. The predicted molar refractivity (Wildman–Crippen MR) is 80.1 cm³/mol. The third-order valence-electron chi connectivity index (χ3n) is 3.46. The third-order valence-corrected chi connectivity index (χ3v) is 4.16. The molecule has 2 heterocycles. The fourth-order valence-corrected chi connectivity index (χ4v) is 3.02. The number of pyridine rings is 1. The van der Waals surface area contributed by atoms with E-state index in [2.05, 4.69) is 20.9 Å². The number of aliphatic hydroxyl groups is 1. The molecular weight excluding hydrogens is 344 g/mol. The lowest BCUT2D eigenvalue weighted by Crippen LogP contribution is -2.41. The average molecular weight is 356 g/mol. The summed E-state index contributed by atoms with van der Waals surface area (Å²) in [6, 6.07) is 7.32. The molecule has 0 amide bonds. The molecule has 0 spiro atoms. The molecule has 3 N–H and O–H groups in total. The summed E-state index contributed by atoms with van der Waals surface area (Å²) in [7, 11) is 0. The van der Waals surface area contributed by atoms with Gasteiger partial charge in [0.2, 0.25) is 0 Å². The van der Waals surface area contributed by atoms with E-state index in [-0.39, 0.29) is 6.61 Å². The minimum Gasteiger partial charge on any atom is -0.455 e. The van der Waals surface area contributed by atoms with Crippen molar-refractivity contribution in [2.45, 2.75) is 12.0 Å². The second-order valence-corrected chi connectivity index (χ2v) is 5.99. The summed E-state index contributed by atoms with van der Waals surface area (Å²) in [4.78, 5) is 4.02. The van der Waals surface area contributed by atoms with Gasteiger partial charge in [0, 0.05) is 22.2 Å². The molecule has 3 rings (SSSR count). The van der Waals surface area contributed by atoms with E-state index in [9.17, 15) is 5.11 Å². The van der Waals surface area contributed by atoms with Crippen molar-refractivity contribution in [3.05, 3.63) is 51.2 Å². The minimum absolute atomic E-state index is 0.0398. The van der Waals surface area contributed by atoms with Gasteiger partial charge in [0.15, 0.2) is 5.75 Å². The van der Waals surface area contributed by atoms with Crippen molar-refractivity contribution in [1.29, 1.82) is 0 Å². The van der Waals surface area contributed by atoms with Gasteiger partial charge in [-0.25, -0.2) is 4.98 Å². The van der Waals surface area contributed by atoms with Crippen molar-refractivity contribution in [2.24, 2.45) is 5.73 Å². The van der Waals surface area contributed by atoms with Crippen LogP contribution in [0.25, 0.3) is 0 Å². The molecular formula is C14H12BrClN2O2. The van der Waals surface area contributed by atoms with Gasteiger partial charge in [-0.2, -0.15) is 0 Å². The highest BCUT2D eigenvalue weighted by molar-refractivity contribution is 9.10. The number of fused-ring (bicyclic) bond motifs is 2. The van der Waals surface area contributed by atoms with Crippen LogP contribution in [-0.4, -0.2) is 16.7 Å². The number of hydrogen-bond acceptors (Lipinski definition) is 4. The Bertz CT molecular complexity index is 627. The van der Waals surface area contributed by atoms with Crippen LogP contribution in [0.2, 0.25) is 5.15 Å². The summed E-state index contributed by atoms with van der Waals surface area (Å²) in [6.07, 6.45) is 1.93. The minimum atomic E-state index is -0.853. The standard InChI is InChI=1S/C14H12BrClN2O2/c15-8-1-2-11-9(5-8)14(17,3-4-19)10-6-13(16)18-7-12(10)20-11/h1-2,5-7,19H,3-4,17H2/t14-/m0/s1. The van der Waals surface area contributed by atoms with Gasteiger partial charge < -0.3 is 15.6 Å². The largest absolute Gasteiger partial charge is 0.455 e. The zero-order chi connectivity index (χ0) is 14.3. The molecule has 1 aromatic carbocycles. The quantitative estimate of drug-likeness (QED) is 0.812. The first-order valence-corrected chi connectivity index (χ1v) is 7.25. The van der Waals surface area contributed by atoms with Crippen molar-refractivity contribution in [3.63, 3.8) is 0 Å². The summed E-state index contributed by atoms with van der Waals surface area (Å²) < 4.78 is 6.72. The Morgan fingerprint density at radius 3 is 2.80 bits per heavy atom. The van der Waals surface area contributed by atoms with E-state index in [1.54, 1.807) is 12.3 Å². The lowest BCUT2D eigenvalue weighted by atomic mass is 9.79. The van der Waals surface area contributed by atoms with E-state index in [1.807, 2.05) is 18.2 Å². The number of nitrogens with two attached hydrogens (primary N) is 1. The second-order valence-electron chi connectivity index (χ2n) is 4.69. The summed E-state index contributed by atoms with van der Waals surface area (Å²) in [5.74, 6) is 1.24. The highest BCUT2D eigenvalue weighted by Crippen LogP contribution is 2.47. The molecule has 0 bridgehead atoms. The average Bonchev–Trinajstić information content (AvgIpc) is 2.42. The topological polar surface area (TPSA) is 68.4 Å². The molecule has 20 heavy (non-hydrogen) atoms. The van der Waals surface area contributed by atoms with E-state index in [0.717, 1.165) is 15.6 Å². The number of aliphatic hydroxyl groups excluding tert-OH is 1. The number of hydrogen-bond donors (Lipinski definition) is 2. The van der Waals surface area contributed by atoms with Crippen LogP contribution in [0.1, 0.15) is 17.5 Å². The molecule has 0 saturated heterocycles. The first kappa shape index (κ1) is 13.8. The number of benzene rings is 1. The van der Waals surface area contributed by atoms with Crippen molar-refractivity contribution < 1.29 is 9.84 Å². The summed E-state index contributed by atoms with van der Waals surface area (Å²) in [5.41, 5.74) is 7.28. The van der Waals surface area contributed by atoms with E-state index in [4.69, 9.17) is 22.1 Å². The summed E-state index contributed by atoms with van der Waals surface area (Å²) in [6.45, 7) is -0.0398. The maximum atomic E-state index is 9.39. The van der Waals surface area contributed by atoms with Crippen molar-refractivity contribution in [2.75, 3.05) is 6.61 Å². The lowest BCUT2D eigenvalue weighted by molar-refractivity contribution is 0.246. The lowest BCUT2D eigenvalue weighted by Gasteiger charge is -2.36. The van der Waals surface area contributed by atoms with Gasteiger partial charge in [-0.3, -0.25) is 0 Å². The predicted octanol–water partition coefficient (Wildman–Crippen LogP) is 3.19. The van der Waals surface area contributed by atoms with E-state index >= 15 is 0 Å². The van der Waals surface area contributed by atoms with Crippen molar-refractivity contribution in [1.82, 2.24) is 4.98 Å². The van der Waals surface area contributed by atoms with Gasteiger partial charge in [-0.15, -0.1) is 0 Å². The fraction of sp³-hybridized carbons (Fsp3) is 0.214. The zero-order valence-corrected chi connectivity index (χ0v) is 12.8. The number of nitrogens with zero attached hydrogens (tertiary/aromatic N) is 1. The monoisotopic (exact) mass is 354 g/mol. The smallest absolute Gasteiger partial charge is 0.151 e. The van der Waals surface area contributed by atoms with Crippen LogP contribution < -0.4 is 10.5 Å². The molecule has 1 aromatic heterocycles. The van der Waals surface area contributed by atoms with Gasteiger partial charge in [0.05, 0.1) is 11.7 Å². The van der Waals surface area contributed by atoms with Gasteiger partial charge in [-0.1, -0.05) is 27.5 Å². The van der Waals surface area contributed by atoms with E-state index in [0.29, 0.717) is 23.1 Å². The van der Waals surface area contributed by atoms with E-state index < -0.39 is 5.54 Å². The van der Waals surface area contributed by atoms with Crippen LogP contribution in [0.5, 0.6) is 11.5 Å². The maximum absolute atomic E-state index is 9.39. The molecule has 1 atom stereocenters. The van der Waals surface area contributed by atoms with Gasteiger partial charge >= 0.3 is 0 Å². The Morgan fingerprint density at radius 2 is 2.05 bits per heavy atom. The normalized spacial score (nSPS) is 20.0. The Balaban J connectivity index is 2.26. The summed E-state index contributed by atoms with van der Waals surface area (Å²) >= 11 is 9.40. The molecule has 6 heteroatoms. The van der Waals surface area contributed by atoms with Crippen molar-refractivity contribution >= 4 is 27.5 Å². The van der Waals surface area contributed by atoms with E-state index in [1.165, 1.54) is 0 Å². The molecule has 0 radical (unpaired) electrons. The van der Waals surface area contributed by atoms with Crippen LogP contribution in [0.4, 0.5) is 0 Å². The Hall–Kier alpha value is -1.14. The van der Waals surface area contributed by atoms with Crippen molar-refractivity contribution in [3.8, 4) is 11.5 Å². The van der Waals surface area contributed by atoms with Gasteiger partial charge in [-0.05, 0) is 30.7 Å². The first-order valence-electron chi connectivity index (χ1n) is 6.08. The number of halogens is 2. The van der Waals surface area contributed by atoms with Crippen LogP contribution >= 0.6 is 27.5 Å². The SMILES string of the molecule is N[C@@]1(CCO)c2cc(Br)ccc2Oc2cnc(Cl)cc21. The highest BCUT2D eigenvalue weighted by atomic mass is 79.9. The number of ether oxygens (including phenoxy) is 1. The maximum Gasteiger partial charge on any atom is 0.151 e. The van der Waals surface area contributed by atoms with Gasteiger partial charge in [0.1, 0.15) is 10.9 Å². The molecule has 2 aromatic rings. The molecule has 1 aliphatic heterocycles. The molecule has 0 aliphatic carbocycles. The zero-order valence-electron chi connectivity index (χ0n) is 10.4. The Labute approximate surface area is 129 Å². The van der Waals surface area contributed by atoms with Crippen LogP contribution in [0, 0.1) is 0 Å². The molecule has 0 unspecified atom stereocenters. The molecule has 104 valence electrons. The number of aromatic nitrogens is 1. The third kappa shape index (κ3) is 2.11. The molecule has 0 saturated carbocycles. The molecule has 1 aliphatic rings. The Morgan fingerprint density at radius 1 is 1.30 bits per heavy atom. The fourth-order valence-electron chi connectivity index (χ4n) is 2.50. The first-order chi connectivity index (χ1) is 9.54. The van der Waals surface area contributed by atoms with Crippen LogP contribution in [0.3, 0.4) is 0 Å². The second kappa shape index (κ2) is 5.00. The van der Waals surface area contributed by atoms with Gasteiger partial charge in [0.25, 0.3) is 0 Å². The van der Waals surface area contributed by atoms with Crippen LogP contribution in [-0.2, 0) is 5.54 Å². The molecule has 4 nitrogen and oxygen atoms in total.